The second-order valence-electron chi connectivity index (χ2n) is 4.85. The Kier molecular flexibility index (Phi) is 3.46. The summed E-state index contributed by atoms with van der Waals surface area (Å²) in [7, 11) is 0. The minimum absolute atomic E-state index is 0.111. The fourth-order valence-electron chi connectivity index (χ4n) is 1.78. The number of nitrogens with zero attached hydrogens (tertiary/aromatic N) is 2. The molecule has 4 nitrogen and oxygen atoms in total. The molecule has 0 spiro atoms. The highest BCUT2D eigenvalue weighted by atomic mass is 19.1. The van der Waals surface area contributed by atoms with Crippen molar-refractivity contribution in [2.24, 2.45) is 0 Å². The molecule has 0 atom stereocenters. The first-order chi connectivity index (χ1) is 8.90. The Morgan fingerprint density at radius 3 is 2.63 bits per heavy atom. The summed E-state index contributed by atoms with van der Waals surface area (Å²) in [6.07, 6.45) is 0. The molecule has 1 aromatic heterocycles. The van der Waals surface area contributed by atoms with Gasteiger partial charge in [-0.3, -0.25) is 0 Å². The maximum absolute atomic E-state index is 13.3. The van der Waals surface area contributed by atoms with E-state index in [2.05, 4.69) is 5.10 Å². The zero-order valence-electron chi connectivity index (χ0n) is 11.6. The number of nitrogen functional groups attached to an aromatic ring is 1. The molecule has 0 aliphatic carbocycles. The first-order valence-electron chi connectivity index (χ1n) is 6.18. The molecule has 0 saturated carbocycles. The van der Waals surface area contributed by atoms with E-state index in [1.165, 1.54) is 12.1 Å². The normalized spacial score (nSPS) is 11.1. The number of hydrogen-bond acceptors (Lipinski definition) is 3. The number of aryl methyl sites for hydroxylation is 2. The van der Waals surface area contributed by atoms with Crippen LogP contribution in [0.25, 0.3) is 0 Å². The van der Waals surface area contributed by atoms with Gasteiger partial charge < -0.3 is 10.5 Å². The Balaban J connectivity index is 2.45. The minimum atomic E-state index is -0.341. The lowest BCUT2D eigenvalue weighted by Gasteiger charge is -2.13. The highest BCUT2D eigenvalue weighted by molar-refractivity contribution is 5.54. The van der Waals surface area contributed by atoms with Crippen LogP contribution >= 0.6 is 0 Å². The topological polar surface area (TPSA) is 53.1 Å². The van der Waals surface area contributed by atoms with Crippen molar-refractivity contribution in [1.29, 1.82) is 0 Å². The van der Waals surface area contributed by atoms with Crippen LogP contribution in [0, 0.1) is 19.7 Å². The number of rotatable bonds is 3. The van der Waals surface area contributed by atoms with Crippen molar-refractivity contribution in [1.82, 2.24) is 9.78 Å². The lowest BCUT2D eigenvalue weighted by atomic mass is 10.2. The average Bonchev–Trinajstić information content (AvgIpc) is 2.62. The summed E-state index contributed by atoms with van der Waals surface area (Å²) in [5, 5.41) is 4.33. The van der Waals surface area contributed by atoms with E-state index in [0.29, 0.717) is 23.0 Å². The van der Waals surface area contributed by atoms with Gasteiger partial charge in [-0.1, -0.05) is 6.07 Å². The first kappa shape index (κ1) is 13.4. The van der Waals surface area contributed by atoms with Crippen LogP contribution in [0.3, 0.4) is 0 Å². The quantitative estimate of drug-likeness (QED) is 0.920. The molecule has 0 aliphatic heterocycles. The molecule has 5 heteroatoms. The fourth-order valence-corrected chi connectivity index (χ4v) is 1.78. The Morgan fingerprint density at radius 2 is 2.00 bits per heavy atom. The molecule has 0 unspecified atom stereocenters. The molecular weight excluding hydrogens is 245 g/mol. The molecule has 19 heavy (non-hydrogen) atoms. The summed E-state index contributed by atoms with van der Waals surface area (Å²) >= 11 is 0. The van der Waals surface area contributed by atoms with E-state index in [4.69, 9.17) is 10.5 Å². The van der Waals surface area contributed by atoms with Crippen LogP contribution in [0.4, 0.5) is 10.1 Å². The van der Waals surface area contributed by atoms with Crippen LogP contribution in [0.2, 0.25) is 0 Å². The molecule has 2 rings (SSSR count). The highest BCUT2D eigenvalue weighted by Gasteiger charge is 2.17. The lowest BCUT2D eigenvalue weighted by molar-refractivity contribution is 0.386. The Labute approximate surface area is 112 Å². The van der Waals surface area contributed by atoms with Crippen LogP contribution in [0.15, 0.2) is 18.2 Å². The Bertz CT molecular complexity index is 605. The summed E-state index contributed by atoms with van der Waals surface area (Å²) in [6.45, 7) is 7.64. The third kappa shape index (κ3) is 2.54. The van der Waals surface area contributed by atoms with Gasteiger partial charge >= 0.3 is 0 Å². The third-order valence-corrected chi connectivity index (χ3v) is 2.93. The molecule has 0 fully saturated rings. The van der Waals surface area contributed by atoms with Gasteiger partial charge in [0.05, 0.1) is 11.7 Å². The summed E-state index contributed by atoms with van der Waals surface area (Å²) in [6, 6.07) is 4.53. The zero-order chi connectivity index (χ0) is 14.2. The maximum atomic E-state index is 13.3. The predicted molar refractivity (Wildman–Crippen MR) is 73.0 cm³/mol. The van der Waals surface area contributed by atoms with E-state index in [1.807, 2.05) is 27.7 Å². The second kappa shape index (κ2) is 4.91. The van der Waals surface area contributed by atoms with Crippen molar-refractivity contribution in [3.63, 3.8) is 0 Å². The van der Waals surface area contributed by atoms with E-state index >= 15 is 0 Å². The largest absolute Gasteiger partial charge is 0.437 e. The van der Waals surface area contributed by atoms with E-state index in [0.717, 1.165) is 5.56 Å². The first-order valence-corrected chi connectivity index (χ1v) is 6.18. The second-order valence-corrected chi connectivity index (χ2v) is 4.85. The fraction of sp³-hybridized carbons (Fsp3) is 0.357. The molecule has 0 bridgehead atoms. The predicted octanol–water partition coefficient (Wildman–Crippen LogP) is 3.59. The summed E-state index contributed by atoms with van der Waals surface area (Å²) in [5.74, 6) is 0.571. The van der Waals surface area contributed by atoms with Gasteiger partial charge in [0.25, 0.3) is 0 Å². The number of benzene rings is 1. The number of halogens is 1. The van der Waals surface area contributed by atoms with E-state index < -0.39 is 0 Å². The van der Waals surface area contributed by atoms with Crippen LogP contribution in [0.1, 0.15) is 31.1 Å². The molecular formula is C14H18FN3O. The summed E-state index contributed by atoms with van der Waals surface area (Å²) < 4.78 is 20.8. The van der Waals surface area contributed by atoms with Crippen LogP contribution < -0.4 is 10.5 Å². The van der Waals surface area contributed by atoms with E-state index in [1.54, 1.807) is 10.7 Å². The number of nitrogens with two attached hydrogens (primary N) is 1. The van der Waals surface area contributed by atoms with E-state index in [9.17, 15) is 4.39 Å². The SMILES string of the molecule is Cc1ccc(F)cc1Oc1c(N)c(C)nn1C(C)C. The van der Waals surface area contributed by atoms with Gasteiger partial charge in [0, 0.05) is 6.07 Å². The monoisotopic (exact) mass is 263 g/mol. The number of anilines is 1. The summed E-state index contributed by atoms with van der Waals surface area (Å²) in [5.41, 5.74) is 8.01. The van der Waals surface area contributed by atoms with Crippen molar-refractivity contribution in [2.75, 3.05) is 5.73 Å². The number of ether oxygens (including phenoxy) is 1. The van der Waals surface area contributed by atoms with Gasteiger partial charge in [-0.25, -0.2) is 9.07 Å². The highest BCUT2D eigenvalue weighted by Crippen LogP contribution is 2.33. The molecule has 2 N–H and O–H groups in total. The van der Waals surface area contributed by atoms with Crippen LogP contribution in [-0.2, 0) is 0 Å². The Hall–Kier alpha value is -2.04. The molecule has 0 saturated heterocycles. The van der Waals surface area contributed by atoms with Gasteiger partial charge in [0.2, 0.25) is 5.88 Å². The van der Waals surface area contributed by atoms with Crippen LogP contribution in [-0.4, -0.2) is 9.78 Å². The molecule has 2 aromatic rings. The van der Waals surface area contributed by atoms with Gasteiger partial charge in [0.15, 0.2) is 0 Å². The average molecular weight is 263 g/mol. The number of hydrogen-bond donors (Lipinski definition) is 1. The van der Waals surface area contributed by atoms with Crippen molar-refractivity contribution in [3.8, 4) is 11.6 Å². The zero-order valence-corrected chi connectivity index (χ0v) is 11.6. The standard InChI is InChI=1S/C14H18FN3O/c1-8(2)18-14(13(16)10(4)17-18)19-12-7-11(15)6-5-9(12)3/h5-8H,16H2,1-4H3. The molecule has 102 valence electrons. The van der Waals surface area contributed by atoms with Crippen LogP contribution in [0.5, 0.6) is 11.6 Å². The third-order valence-electron chi connectivity index (χ3n) is 2.93. The van der Waals surface area contributed by atoms with Gasteiger partial charge in [-0.15, -0.1) is 0 Å². The molecule has 0 amide bonds. The van der Waals surface area contributed by atoms with Gasteiger partial charge in [0.1, 0.15) is 17.3 Å². The van der Waals surface area contributed by atoms with Gasteiger partial charge in [-0.05, 0) is 39.3 Å². The molecule has 1 aromatic carbocycles. The minimum Gasteiger partial charge on any atom is -0.437 e. The molecule has 0 aliphatic rings. The van der Waals surface area contributed by atoms with Crippen molar-refractivity contribution < 1.29 is 9.13 Å². The van der Waals surface area contributed by atoms with Crippen molar-refractivity contribution in [2.45, 2.75) is 33.7 Å². The smallest absolute Gasteiger partial charge is 0.241 e. The number of aromatic nitrogens is 2. The maximum Gasteiger partial charge on any atom is 0.241 e. The van der Waals surface area contributed by atoms with Crippen molar-refractivity contribution >= 4 is 5.69 Å². The lowest BCUT2D eigenvalue weighted by Crippen LogP contribution is -2.06. The van der Waals surface area contributed by atoms with E-state index in [-0.39, 0.29) is 11.9 Å². The molecule has 1 heterocycles. The Morgan fingerprint density at radius 1 is 1.32 bits per heavy atom. The molecule has 0 radical (unpaired) electrons. The summed E-state index contributed by atoms with van der Waals surface area (Å²) in [4.78, 5) is 0. The van der Waals surface area contributed by atoms with Crippen molar-refractivity contribution in [3.05, 3.63) is 35.3 Å². The van der Waals surface area contributed by atoms with Gasteiger partial charge in [-0.2, -0.15) is 5.10 Å².